The van der Waals surface area contributed by atoms with Crippen LogP contribution in [0.1, 0.15) is 24.0 Å². The predicted octanol–water partition coefficient (Wildman–Crippen LogP) is 6.35. The first-order valence-corrected chi connectivity index (χ1v) is 10.3. The molecule has 7 heteroatoms. The van der Waals surface area contributed by atoms with E-state index in [2.05, 4.69) is 5.32 Å². The van der Waals surface area contributed by atoms with Gasteiger partial charge in [-0.3, -0.25) is 9.59 Å². The number of carbonyl (C=O) groups is 2. The first-order chi connectivity index (χ1) is 14.4. The summed E-state index contributed by atoms with van der Waals surface area (Å²) < 4.78 is 5.50. The summed E-state index contributed by atoms with van der Waals surface area (Å²) in [7, 11) is 0. The fourth-order valence-electron chi connectivity index (χ4n) is 2.90. The summed E-state index contributed by atoms with van der Waals surface area (Å²) in [6.45, 7) is 1.49. The molecule has 0 radical (unpaired) electrons. The van der Waals surface area contributed by atoms with Crippen molar-refractivity contribution in [3.8, 4) is 0 Å². The van der Waals surface area contributed by atoms with Crippen molar-refractivity contribution in [1.82, 2.24) is 0 Å². The minimum absolute atomic E-state index is 0.225. The first-order valence-electron chi connectivity index (χ1n) is 9.12. The molecule has 3 rings (SSSR count). The van der Waals surface area contributed by atoms with Gasteiger partial charge in [0.2, 0.25) is 0 Å². The second-order valence-corrected chi connectivity index (χ2v) is 7.79. The molecule has 30 heavy (non-hydrogen) atoms. The first kappa shape index (κ1) is 22.2. The van der Waals surface area contributed by atoms with Gasteiger partial charge in [-0.2, -0.15) is 0 Å². The van der Waals surface area contributed by atoms with Crippen LogP contribution in [0, 0.1) is 0 Å². The number of hydrogen-bond donors (Lipinski definition) is 1. The van der Waals surface area contributed by atoms with E-state index in [0.29, 0.717) is 0 Å². The van der Waals surface area contributed by atoms with Crippen molar-refractivity contribution in [3.63, 3.8) is 0 Å². The molecule has 1 atom stereocenters. The number of esters is 1. The summed E-state index contributed by atoms with van der Waals surface area (Å²) >= 11 is 18.0. The molecule has 0 saturated carbocycles. The van der Waals surface area contributed by atoms with Gasteiger partial charge in [0.25, 0.3) is 5.91 Å². The number of halogens is 3. The Morgan fingerprint density at radius 3 is 1.83 bits per heavy atom. The third-order valence-corrected chi connectivity index (χ3v) is 5.47. The van der Waals surface area contributed by atoms with Gasteiger partial charge in [0.05, 0.1) is 20.8 Å². The molecule has 1 amide bonds. The molecule has 0 aliphatic rings. The normalized spacial score (nSPS) is 11.8. The number of amides is 1. The lowest BCUT2D eigenvalue weighted by atomic mass is 9.91. The molecule has 0 spiro atoms. The molecule has 0 saturated heterocycles. The number of rotatable bonds is 6. The predicted molar refractivity (Wildman–Crippen MR) is 120 cm³/mol. The number of ether oxygens (including phenoxy) is 1. The minimum Gasteiger partial charge on any atom is -0.452 e. The maximum absolute atomic E-state index is 13.0. The lowest BCUT2D eigenvalue weighted by molar-refractivity contribution is -0.153. The van der Waals surface area contributed by atoms with Crippen LogP contribution < -0.4 is 5.32 Å². The number of hydrogen-bond acceptors (Lipinski definition) is 3. The van der Waals surface area contributed by atoms with E-state index in [1.807, 2.05) is 60.7 Å². The summed E-state index contributed by atoms with van der Waals surface area (Å²) in [5.41, 5.74) is 1.82. The molecule has 3 aromatic rings. The molecule has 1 unspecified atom stereocenters. The second kappa shape index (κ2) is 9.98. The van der Waals surface area contributed by atoms with Gasteiger partial charge in [-0.25, -0.2) is 0 Å². The maximum Gasteiger partial charge on any atom is 0.318 e. The molecule has 0 aliphatic carbocycles. The monoisotopic (exact) mass is 461 g/mol. The third-order valence-electron chi connectivity index (χ3n) is 4.43. The van der Waals surface area contributed by atoms with Crippen molar-refractivity contribution in [2.24, 2.45) is 0 Å². The fraction of sp³-hybridized carbons (Fsp3) is 0.130. The van der Waals surface area contributed by atoms with Gasteiger partial charge in [-0.05, 0) is 30.2 Å². The third kappa shape index (κ3) is 5.33. The van der Waals surface area contributed by atoms with Crippen LogP contribution in [-0.4, -0.2) is 18.0 Å². The van der Waals surface area contributed by atoms with Crippen LogP contribution in [-0.2, 0) is 14.3 Å². The van der Waals surface area contributed by atoms with E-state index in [1.165, 1.54) is 19.1 Å². The highest BCUT2D eigenvalue weighted by atomic mass is 35.5. The van der Waals surface area contributed by atoms with Crippen LogP contribution in [0.3, 0.4) is 0 Å². The Kier molecular flexibility index (Phi) is 7.38. The lowest BCUT2D eigenvalue weighted by Crippen LogP contribution is -2.32. The Labute approximate surface area is 189 Å². The summed E-state index contributed by atoms with van der Waals surface area (Å²) in [6.07, 6.45) is -1.06. The van der Waals surface area contributed by atoms with Crippen molar-refractivity contribution < 1.29 is 14.3 Å². The van der Waals surface area contributed by atoms with Gasteiger partial charge in [0, 0.05) is 0 Å². The Hall–Kier alpha value is -2.53. The zero-order valence-electron chi connectivity index (χ0n) is 15.9. The number of carbonyl (C=O) groups excluding carboxylic acids is 2. The van der Waals surface area contributed by atoms with E-state index in [-0.39, 0.29) is 20.8 Å². The van der Waals surface area contributed by atoms with Gasteiger partial charge in [0.15, 0.2) is 6.10 Å². The average molecular weight is 463 g/mol. The van der Waals surface area contributed by atoms with Gasteiger partial charge in [-0.15, -0.1) is 0 Å². The molecule has 3 aromatic carbocycles. The van der Waals surface area contributed by atoms with Crippen LogP contribution in [0.2, 0.25) is 15.1 Å². The van der Waals surface area contributed by atoms with Crippen LogP contribution in [0.25, 0.3) is 0 Å². The van der Waals surface area contributed by atoms with Crippen molar-refractivity contribution >= 4 is 52.4 Å². The van der Waals surface area contributed by atoms with Gasteiger partial charge < -0.3 is 10.1 Å². The highest BCUT2D eigenvalue weighted by Gasteiger charge is 2.28. The van der Waals surface area contributed by atoms with Gasteiger partial charge >= 0.3 is 5.97 Å². The van der Waals surface area contributed by atoms with Crippen molar-refractivity contribution in [2.75, 3.05) is 5.32 Å². The molecule has 0 heterocycles. The molecule has 154 valence electrons. The van der Waals surface area contributed by atoms with Gasteiger partial charge in [0.1, 0.15) is 5.92 Å². The summed E-state index contributed by atoms with van der Waals surface area (Å²) in [5.74, 6) is -1.73. The van der Waals surface area contributed by atoms with Crippen LogP contribution >= 0.6 is 34.8 Å². The number of benzene rings is 3. The standard InChI is InChI=1S/C23H18Cl3NO3/c1-14(22(28)27-20-13-18(25)17(24)12-19(20)26)30-23(29)21(15-8-4-2-5-9-15)16-10-6-3-7-11-16/h2-14,21H,1H3,(H,27,28). The van der Waals surface area contributed by atoms with E-state index in [9.17, 15) is 9.59 Å². The Morgan fingerprint density at radius 1 is 0.800 bits per heavy atom. The summed E-state index contributed by atoms with van der Waals surface area (Å²) in [6, 6.07) is 21.4. The van der Waals surface area contributed by atoms with Crippen molar-refractivity contribution in [1.29, 1.82) is 0 Å². The smallest absolute Gasteiger partial charge is 0.318 e. The topological polar surface area (TPSA) is 55.4 Å². The number of nitrogens with one attached hydrogen (secondary N) is 1. The van der Waals surface area contributed by atoms with Crippen molar-refractivity contribution in [2.45, 2.75) is 18.9 Å². The quantitative estimate of drug-likeness (QED) is 0.343. The maximum atomic E-state index is 13.0. The summed E-state index contributed by atoms with van der Waals surface area (Å²) in [4.78, 5) is 25.6. The van der Waals surface area contributed by atoms with E-state index < -0.39 is 23.9 Å². The van der Waals surface area contributed by atoms with Crippen molar-refractivity contribution in [3.05, 3.63) is 99.0 Å². The average Bonchev–Trinajstić information content (AvgIpc) is 2.73. The number of anilines is 1. The second-order valence-electron chi connectivity index (χ2n) is 6.57. The Balaban J connectivity index is 1.77. The Morgan fingerprint density at radius 2 is 1.30 bits per heavy atom. The fourth-order valence-corrected chi connectivity index (χ4v) is 3.50. The van der Waals surface area contributed by atoms with Crippen LogP contribution in [0.5, 0.6) is 0 Å². The SMILES string of the molecule is CC(OC(=O)C(c1ccccc1)c1ccccc1)C(=O)Nc1cc(Cl)c(Cl)cc1Cl. The molecule has 0 aromatic heterocycles. The van der Waals surface area contributed by atoms with Crippen LogP contribution in [0.15, 0.2) is 72.8 Å². The van der Waals surface area contributed by atoms with E-state index in [0.717, 1.165) is 11.1 Å². The highest BCUT2D eigenvalue weighted by Crippen LogP contribution is 2.32. The molecular weight excluding hydrogens is 445 g/mol. The molecular formula is C23H18Cl3NO3. The minimum atomic E-state index is -1.06. The molecule has 0 bridgehead atoms. The van der Waals surface area contributed by atoms with E-state index in [4.69, 9.17) is 39.5 Å². The lowest BCUT2D eigenvalue weighted by Gasteiger charge is -2.20. The molecule has 0 fully saturated rings. The Bertz CT molecular complexity index is 1000. The highest BCUT2D eigenvalue weighted by molar-refractivity contribution is 6.44. The zero-order chi connectivity index (χ0) is 21.7. The van der Waals surface area contributed by atoms with Gasteiger partial charge in [-0.1, -0.05) is 95.5 Å². The molecule has 0 aliphatic heterocycles. The van der Waals surface area contributed by atoms with E-state index in [1.54, 1.807) is 0 Å². The molecule has 1 N–H and O–H groups in total. The summed E-state index contributed by atoms with van der Waals surface area (Å²) in [5, 5.41) is 3.35. The van der Waals surface area contributed by atoms with E-state index >= 15 is 0 Å². The largest absolute Gasteiger partial charge is 0.452 e. The molecule has 4 nitrogen and oxygen atoms in total. The zero-order valence-corrected chi connectivity index (χ0v) is 18.2. The van der Waals surface area contributed by atoms with Crippen LogP contribution in [0.4, 0.5) is 5.69 Å².